The Bertz CT molecular complexity index is 937. The summed E-state index contributed by atoms with van der Waals surface area (Å²) in [4.78, 5) is 38.6. The van der Waals surface area contributed by atoms with Gasteiger partial charge in [-0.15, -0.1) is 0 Å². The Morgan fingerprint density at radius 2 is 1.68 bits per heavy atom. The highest BCUT2D eigenvalue weighted by atomic mass is 16.2. The van der Waals surface area contributed by atoms with Gasteiger partial charge < -0.3 is 15.5 Å². The van der Waals surface area contributed by atoms with Crippen molar-refractivity contribution < 1.29 is 14.4 Å². The number of nitrogens with zero attached hydrogens (tertiary/aromatic N) is 1. The molecule has 0 aliphatic carbocycles. The summed E-state index contributed by atoms with van der Waals surface area (Å²) in [5.41, 5.74) is 4.78. The molecule has 0 aromatic heterocycles. The van der Waals surface area contributed by atoms with E-state index in [1.54, 1.807) is 23.1 Å². The quantitative estimate of drug-likeness (QED) is 0.798. The molecule has 1 aliphatic rings. The summed E-state index contributed by atoms with van der Waals surface area (Å²) in [6, 6.07) is 10.9. The number of aryl methyl sites for hydroxylation is 2. The summed E-state index contributed by atoms with van der Waals surface area (Å²) in [6.45, 7) is 6.44. The molecule has 0 radical (unpaired) electrons. The largest absolute Gasteiger partial charge is 0.318 e. The maximum Gasteiger partial charge on any atom is 0.314 e. The van der Waals surface area contributed by atoms with Crippen LogP contribution in [0.25, 0.3) is 0 Å². The number of amides is 3. The number of carbonyl (C=O) groups excluding carboxylic acids is 3. The van der Waals surface area contributed by atoms with Crippen molar-refractivity contribution in [1.82, 2.24) is 0 Å². The topological polar surface area (TPSA) is 78.5 Å². The van der Waals surface area contributed by atoms with E-state index in [1.807, 2.05) is 39.0 Å². The first-order valence-corrected chi connectivity index (χ1v) is 9.46. The molecule has 0 unspecified atom stereocenters. The van der Waals surface area contributed by atoms with Gasteiger partial charge in [-0.25, -0.2) is 0 Å². The predicted molar refractivity (Wildman–Crippen MR) is 111 cm³/mol. The summed E-state index contributed by atoms with van der Waals surface area (Å²) in [7, 11) is 0. The SMILES string of the molecule is Cc1ccc(NC(=O)C(=O)Nc2cccc(C)c2C)cc1N1CCCCC1=O. The van der Waals surface area contributed by atoms with Crippen LogP contribution < -0.4 is 15.5 Å². The van der Waals surface area contributed by atoms with Crippen molar-refractivity contribution in [3.8, 4) is 0 Å². The van der Waals surface area contributed by atoms with Crippen molar-refractivity contribution >= 4 is 34.8 Å². The van der Waals surface area contributed by atoms with Crippen LogP contribution in [0.15, 0.2) is 36.4 Å². The van der Waals surface area contributed by atoms with Crippen LogP contribution in [0.4, 0.5) is 17.1 Å². The highest BCUT2D eigenvalue weighted by molar-refractivity contribution is 6.43. The third-order valence-corrected chi connectivity index (χ3v) is 5.14. The molecule has 6 nitrogen and oxygen atoms in total. The second-order valence-corrected chi connectivity index (χ2v) is 7.16. The van der Waals surface area contributed by atoms with E-state index in [9.17, 15) is 14.4 Å². The van der Waals surface area contributed by atoms with Gasteiger partial charge in [0.15, 0.2) is 0 Å². The maximum absolute atomic E-state index is 12.3. The van der Waals surface area contributed by atoms with Gasteiger partial charge in [-0.3, -0.25) is 14.4 Å². The van der Waals surface area contributed by atoms with E-state index in [0.29, 0.717) is 24.3 Å². The van der Waals surface area contributed by atoms with Crippen LogP contribution in [0.1, 0.15) is 36.0 Å². The second-order valence-electron chi connectivity index (χ2n) is 7.16. The molecule has 1 saturated heterocycles. The van der Waals surface area contributed by atoms with Crippen molar-refractivity contribution in [2.24, 2.45) is 0 Å². The van der Waals surface area contributed by atoms with Crippen molar-refractivity contribution in [3.63, 3.8) is 0 Å². The molecule has 3 amide bonds. The van der Waals surface area contributed by atoms with Crippen LogP contribution in [0.3, 0.4) is 0 Å². The highest BCUT2D eigenvalue weighted by Crippen LogP contribution is 2.28. The first-order valence-electron chi connectivity index (χ1n) is 9.46. The average molecular weight is 379 g/mol. The monoisotopic (exact) mass is 379 g/mol. The Labute approximate surface area is 164 Å². The highest BCUT2D eigenvalue weighted by Gasteiger charge is 2.22. The lowest BCUT2D eigenvalue weighted by Gasteiger charge is -2.28. The zero-order valence-corrected chi connectivity index (χ0v) is 16.5. The van der Waals surface area contributed by atoms with E-state index in [-0.39, 0.29) is 5.91 Å². The molecule has 2 aromatic carbocycles. The van der Waals surface area contributed by atoms with Gasteiger partial charge in [0, 0.05) is 30.0 Å². The first-order chi connectivity index (χ1) is 13.4. The van der Waals surface area contributed by atoms with Gasteiger partial charge in [0.25, 0.3) is 0 Å². The molecule has 28 heavy (non-hydrogen) atoms. The van der Waals surface area contributed by atoms with E-state index in [0.717, 1.165) is 35.2 Å². The molecule has 2 N–H and O–H groups in total. The van der Waals surface area contributed by atoms with E-state index in [1.165, 1.54) is 0 Å². The minimum Gasteiger partial charge on any atom is -0.318 e. The molecule has 0 bridgehead atoms. The molecule has 2 aromatic rings. The predicted octanol–water partition coefficient (Wildman–Crippen LogP) is 3.71. The molecule has 146 valence electrons. The number of rotatable bonds is 3. The van der Waals surface area contributed by atoms with Gasteiger partial charge >= 0.3 is 11.8 Å². The van der Waals surface area contributed by atoms with E-state index >= 15 is 0 Å². The fourth-order valence-corrected chi connectivity index (χ4v) is 3.29. The third-order valence-electron chi connectivity index (χ3n) is 5.14. The molecule has 0 atom stereocenters. The summed E-state index contributed by atoms with van der Waals surface area (Å²) in [5, 5.41) is 5.28. The Balaban J connectivity index is 1.73. The zero-order chi connectivity index (χ0) is 20.3. The number of benzene rings is 2. The number of carbonyl (C=O) groups is 3. The minimum atomic E-state index is -0.749. The Hall–Kier alpha value is -3.15. The van der Waals surface area contributed by atoms with Gasteiger partial charge in [-0.1, -0.05) is 18.2 Å². The van der Waals surface area contributed by atoms with E-state index in [4.69, 9.17) is 0 Å². The van der Waals surface area contributed by atoms with Gasteiger partial charge in [-0.05, 0) is 68.5 Å². The van der Waals surface area contributed by atoms with Gasteiger partial charge in [0.1, 0.15) is 0 Å². The van der Waals surface area contributed by atoms with Gasteiger partial charge in [-0.2, -0.15) is 0 Å². The van der Waals surface area contributed by atoms with Crippen LogP contribution in [-0.2, 0) is 14.4 Å². The van der Waals surface area contributed by atoms with Crippen molar-refractivity contribution in [2.45, 2.75) is 40.0 Å². The lowest BCUT2D eigenvalue weighted by Crippen LogP contribution is -2.35. The Morgan fingerprint density at radius 1 is 0.929 bits per heavy atom. The Morgan fingerprint density at radius 3 is 2.43 bits per heavy atom. The number of hydrogen-bond acceptors (Lipinski definition) is 3. The number of nitrogens with one attached hydrogen (secondary N) is 2. The molecule has 0 saturated carbocycles. The van der Waals surface area contributed by atoms with E-state index < -0.39 is 11.8 Å². The average Bonchev–Trinajstić information content (AvgIpc) is 2.67. The zero-order valence-electron chi connectivity index (χ0n) is 16.5. The van der Waals surface area contributed by atoms with Gasteiger partial charge in [0.05, 0.1) is 0 Å². The maximum atomic E-state index is 12.3. The smallest absolute Gasteiger partial charge is 0.314 e. The first kappa shape index (κ1) is 19.6. The molecule has 1 heterocycles. The summed E-state index contributed by atoms with van der Waals surface area (Å²) >= 11 is 0. The van der Waals surface area contributed by atoms with Gasteiger partial charge in [0.2, 0.25) is 5.91 Å². The summed E-state index contributed by atoms with van der Waals surface area (Å²) < 4.78 is 0. The Kier molecular flexibility index (Phi) is 5.78. The van der Waals surface area contributed by atoms with Crippen LogP contribution in [0.2, 0.25) is 0 Å². The molecule has 0 spiro atoms. The third kappa shape index (κ3) is 4.22. The van der Waals surface area contributed by atoms with Crippen molar-refractivity contribution in [2.75, 3.05) is 22.1 Å². The molecule has 1 fully saturated rings. The molecule has 1 aliphatic heterocycles. The normalized spacial score (nSPS) is 14.0. The minimum absolute atomic E-state index is 0.0884. The number of piperidine rings is 1. The van der Waals surface area contributed by atoms with Crippen LogP contribution >= 0.6 is 0 Å². The number of hydrogen-bond donors (Lipinski definition) is 2. The van der Waals surface area contributed by atoms with E-state index in [2.05, 4.69) is 10.6 Å². The molecular weight excluding hydrogens is 354 g/mol. The van der Waals surface area contributed by atoms with Crippen molar-refractivity contribution in [3.05, 3.63) is 53.1 Å². The summed E-state index contributed by atoms with van der Waals surface area (Å²) in [6.07, 6.45) is 2.40. The lowest BCUT2D eigenvalue weighted by atomic mass is 10.1. The molecule has 3 rings (SSSR count). The standard InChI is InChI=1S/C22H25N3O3/c1-14-7-6-8-18(16(14)3)24-22(28)21(27)23-17-11-10-15(2)19(13-17)25-12-5-4-9-20(25)26/h6-8,10-11,13H,4-5,9,12H2,1-3H3,(H,23,27)(H,24,28). The molecule has 6 heteroatoms. The van der Waals surface area contributed by atoms with Crippen molar-refractivity contribution in [1.29, 1.82) is 0 Å². The van der Waals surface area contributed by atoms with Crippen LogP contribution in [0, 0.1) is 20.8 Å². The van der Waals surface area contributed by atoms with Crippen LogP contribution in [0.5, 0.6) is 0 Å². The summed E-state index contributed by atoms with van der Waals surface area (Å²) in [5.74, 6) is -1.39. The second kappa shape index (κ2) is 8.25. The molecular formula is C22H25N3O3. The number of anilines is 3. The fraction of sp³-hybridized carbons (Fsp3) is 0.318. The fourth-order valence-electron chi connectivity index (χ4n) is 3.29. The lowest BCUT2D eigenvalue weighted by molar-refractivity contribution is -0.133. The van der Waals surface area contributed by atoms with Crippen LogP contribution in [-0.4, -0.2) is 24.3 Å².